The van der Waals surface area contributed by atoms with E-state index < -0.39 is 12.0 Å². The van der Waals surface area contributed by atoms with Gasteiger partial charge in [-0.3, -0.25) is 9.36 Å². The molecule has 6 heteroatoms. The van der Waals surface area contributed by atoms with E-state index in [0.29, 0.717) is 17.6 Å². The lowest BCUT2D eigenvalue weighted by Crippen LogP contribution is -2.32. The van der Waals surface area contributed by atoms with Crippen molar-refractivity contribution in [1.29, 1.82) is 0 Å². The van der Waals surface area contributed by atoms with Crippen LogP contribution in [0.1, 0.15) is 55.4 Å². The lowest BCUT2D eigenvalue weighted by molar-refractivity contribution is -0.140. The molecule has 0 bridgehead atoms. The summed E-state index contributed by atoms with van der Waals surface area (Å²) in [6.45, 7) is 3.56. The molecule has 0 amide bonds. The Morgan fingerprint density at radius 2 is 2.14 bits per heavy atom. The molecular weight excluding hydrogens is 300 g/mol. The molecule has 22 heavy (non-hydrogen) atoms. The summed E-state index contributed by atoms with van der Waals surface area (Å²) >= 11 is 1.61. The second kappa shape index (κ2) is 5.83. The summed E-state index contributed by atoms with van der Waals surface area (Å²) in [7, 11) is 0. The van der Waals surface area contributed by atoms with Crippen LogP contribution in [0.2, 0.25) is 0 Å². The molecule has 2 aromatic heterocycles. The average Bonchev–Trinajstić information content (AvgIpc) is 2.85. The van der Waals surface area contributed by atoms with E-state index in [1.807, 2.05) is 6.92 Å². The molecule has 1 N–H and O–H groups in total. The summed E-state index contributed by atoms with van der Waals surface area (Å²) < 4.78 is 1.38. The normalized spacial score (nSPS) is 15.7. The van der Waals surface area contributed by atoms with Crippen LogP contribution in [-0.2, 0) is 24.1 Å². The lowest BCUT2D eigenvalue weighted by Gasteiger charge is -2.16. The first-order chi connectivity index (χ1) is 10.5. The highest BCUT2D eigenvalue weighted by Gasteiger charge is 2.25. The molecule has 1 unspecified atom stereocenters. The van der Waals surface area contributed by atoms with Crippen LogP contribution in [0.4, 0.5) is 0 Å². The van der Waals surface area contributed by atoms with E-state index in [4.69, 9.17) is 0 Å². The standard InChI is InChI=1S/C16H20N2O3S/c1-3-6-12-17-14-13(10-7-4-5-8-11(10)22-14)15(19)18(12)9(2)16(20)21/h9H,3-8H2,1-2H3,(H,20,21). The van der Waals surface area contributed by atoms with E-state index in [-0.39, 0.29) is 5.56 Å². The van der Waals surface area contributed by atoms with Gasteiger partial charge in [0.05, 0.1) is 5.39 Å². The summed E-state index contributed by atoms with van der Waals surface area (Å²) in [5.74, 6) is -0.404. The topological polar surface area (TPSA) is 72.2 Å². The predicted octanol–water partition coefficient (Wildman–Crippen LogP) is 2.93. The van der Waals surface area contributed by atoms with Crippen molar-refractivity contribution in [1.82, 2.24) is 9.55 Å². The third kappa shape index (κ3) is 2.35. The van der Waals surface area contributed by atoms with E-state index in [1.54, 1.807) is 18.3 Å². The van der Waals surface area contributed by atoms with Crippen molar-refractivity contribution in [2.24, 2.45) is 0 Å². The summed E-state index contributed by atoms with van der Waals surface area (Å²) in [6, 6.07) is -0.884. The molecule has 0 spiro atoms. The van der Waals surface area contributed by atoms with Crippen molar-refractivity contribution >= 4 is 27.5 Å². The number of carboxylic acid groups (broad SMARTS) is 1. The molecule has 5 nitrogen and oxygen atoms in total. The van der Waals surface area contributed by atoms with Crippen LogP contribution in [-0.4, -0.2) is 20.6 Å². The van der Waals surface area contributed by atoms with Crippen LogP contribution < -0.4 is 5.56 Å². The van der Waals surface area contributed by atoms with Crippen LogP contribution in [0.25, 0.3) is 10.2 Å². The van der Waals surface area contributed by atoms with E-state index in [0.717, 1.165) is 42.5 Å². The average molecular weight is 320 g/mol. The maximum Gasteiger partial charge on any atom is 0.326 e. The van der Waals surface area contributed by atoms with Crippen molar-refractivity contribution < 1.29 is 9.90 Å². The molecule has 0 saturated carbocycles. The number of fused-ring (bicyclic) bond motifs is 3. The van der Waals surface area contributed by atoms with Crippen LogP contribution in [0.5, 0.6) is 0 Å². The van der Waals surface area contributed by atoms with Crippen LogP contribution >= 0.6 is 11.3 Å². The van der Waals surface area contributed by atoms with Crippen molar-refractivity contribution in [3.05, 3.63) is 26.6 Å². The number of aryl methyl sites for hydroxylation is 3. The van der Waals surface area contributed by atoms with Gasteiger partial charge in [-0.05, 0) is 44.6 Å². The third-order valence-corrected chi connectivity index (χ3v) is 5.50. The first-order valence-corrected chi connectivity index (χ1v) is 8.64. The van der Waals surface area contributed by atoms with Crippen molar-refractivity contribution in [3.8, 4) is 0 Å². The Morgan fingerprint density at radius 3 is 2.82 bits per heavy atom. The second-order valence-corrected chi connectivity index (χ2v) is 6.94. The first kappa shape index (κ1) is 15.2. The zero-order valence-electron chi connectivity index (χ0n) is 12.9. The Bertz CT molecular complexity index is 791. The molecule has 118 valence electrons. The molecule has 0 fully saturated rings. The summed E-state index contributed by atoms with van der Waals surface area (Å²) in [6.07, 6.45) is 5.60. The SMILES string of the molecule is CCCc1nc2sc3c(c2c(=O)n1C(C)C(=O)O)CCCC3. The van der Waals surface area contributed by atoms with Gasteiger partial charge < -0.3 is 5.11 Å². The zero-order chi connectivity index (χ0) is 15.9. The van der Waals surface area contributed by atoms with Crippen LogP contribution in [0.15, 0.2) is 4.79 Å². The number of hydrogen-bond donors (Lipinski definition) is 1. The molecule has 0 saturated heterocycles. The van der Waals surface area contributed by atoms with Gasteiger partial charge in [0, 0.05) is 11.3 Å². The lowest BCUT2D eigenvalue weighted by atomic mass is 9.97. The molecule has 0 aliphatic heterocycles. The number of rotatable bonds is 4. The number of thiophene rings is 1. The maximum atomic E-state index is 13.0. The molecule has 1 atom stereocenters. The van der Waals surface area contributed by atoms with E-state index in [9.17, 15) is 14.7 Å². The summed E-state index contributed by atoms with van der Waals surface area (Å²) in [4.78, 5) is 31.1. The van der Waals surface area contributed by atoms with Crippen molar-refractivity contribution in [2.45, 2.75) is 58.4 Å². The number of hydrogen-bond acceptors (Lipinski definition) is 4. The Kier molecular flexibility index (Phi) is 4.04. The fraction of sp³-hybridized carbons (Fsp3) is 0.562. The first-order valence-electron chi connectivity index (χ1n) is 7.83. The van der Waals surface area contributed by atoms with Gasteiger partial charge in [0.1, 0.15) is 16.7 Å². The highest BCUT2D eigenvalue weighted by Crippen LogP contribution is 2.34. The molecule has 1 aliphatic rings. The Morgan fingerprint density at radius 1 is 1.41 bits per heavy atom. The molecule has 3 rings (SSSR count). The zero-order valence-corrected chi connectivity index (χ0v) is 13.7. The minimum absolute atomic E-state index is 0.178. The molecule has 1 aliphatic carbocycles. The highest BCUT2D eigenvalue weighted by atomic mass is 32.1. The number of aromatic nitrogens is 2. The minimum atomic E-state index is -0.996. The summed E-state index contributed by atoms with van der Waals surface area (Å²) in [5, 5.41) is 9.99. The Hall–Kier alpha value is -1.69. The van der Waals surface area contributed by atoms with Crippen molar-refractivity contribution in [3.63, 3.8) is 0 Å². The Balaban J connectivity index is 2.31. The van der Waals surface area contributed by atoms with Gasteiger partial charge in [-0.2, -0.15) is 0 Å². The van der Waals surface area contributed by atoms with Gasteiger partial charge in [0.2, 0.25) is 0 Å². The monoisotopic (exact) mass is 320 g/mol. The van der Waals surface area contributed by atoms with Gasteiger partial charge in [0.15, 0.2) is 0 Å². The third-order valence-electron chi connectivity index (χ3n) is 4.31. The minimum Gasteiger partial charge on any atom is -0.480 e. The van der Waals surface area contributed by atoms with E-state index in [1.165, 1.54) is 9.44 Å². The van der Waals surface area contributed by atoms with Gasteiger partial charge in [-0.1, -0.05) is 6.92 Å². The fourth-order valence-corrected chi connectivity index (χ4v) is 4.44. The van der Waals surface area contributed by atoms with Gasteiger partial charge in [0.25, 0.3) is 5.56 Å². The molecule has 2 heterocycles. The Labute approximate surface area is 132 Å². The fourth-order valence-electron chi connectivity index (χ4n) is 3.17. The highest BCUT2D eigenvalue weighted by molar-refractivity contribution is 7.18. The molecular formula is C16H20N2O3S. The van der Waals surface area contributed by atoms with Gasteiger partial charge in [-0.15, -0.1) is 11.3 Å². The number of nitrogens with zero attached hydrogens (tertiary/aromatic N) is 2. The summed E-state index contributed by atoms with van der Waals surface area (Å²) in [5.41, 5.74) is 0.931. The smallest absolute Gasteiger partial charge is 0.326 e. The molecule has 0 aromatic carbocycles. The predicted molar refractivity (Wildman–Crippen MR) is 86.9 cm³/mol. The van der Waals surface area contributed by atoms with Gasteiger partial charge >= 0.3 is 5.97 Å². The number of carboxylic acids is 1. The molecule has 2 aromatic rings. The number of carbonyl (C=O) groups is 1. The molecule has 0 radical (unpaired) electrons. The number of aliphatic carboxylic acids is 1. The van der Waals surface area contributed by atoms with E-state index in [2.05, 4.69) is 4.98 Å². The second-order valence-electron chi connectivity index (χ2n) is 5.86. The quantitative estimate of drug-likeness (QED) is 0.940. The van der Waals surface area contributed by atoms with Gasteiger partial charge in [-0.25, -0.2) is 9.78 Å². The maximum absolute atomic E-state index is 13.0. The van der Waals surface area contributed by atoms with Crippen molar-refractivity contribution in [2.75, 3.05) is 0 Å². The van der Waals surface area contributed by atoms with E-state index >= 15 is 0 Å². The van der Waals surface area contributed by atoms with Crippen LogP contribution in [0.3, 0.4) is 0 Å². The van der Waals surface area contributed by atoms with Crippen LogP contribution in [0, 0.1) is 0 Å². The largest absolute Gasteiger partial charge is 0.480 e.